The van der Waals surface area contributed by atoms with Crippen LogP contribution in [0.5, 0.6) is 5.75 Å². The highest BCUT2D eigenvalue weighted by Gasteiger charge is 2.24. The van der Waals surface area contributed by atoms with Gasteiger partial charge in [-0.05, 0) is 75.4 Å². The van der Waals surface area contributed by atoms with E-state index in [-0.39, 0.29) is 5.56 Å². The number of pyridine rings is 1. The zero-order valence-corrected chi connectivity index (χ0v) is 20.6. The third-order valence-corrected chi connectivity index (χ3v) is 6.95. The molecule has 1 aromatic heterocycles. The third-order valence-electron chi connectivity index (χ3n) is 6.57. The number of hydrogen-bond donors (Lipinski definition) is 2. The number of aromatic nitrogens is 1. The first-order valence-electron chi connectivity index (χ1n) is 12.0. The molecule has 176 valence electrons. The Bertz CT molecular complexity index is 935. The first kappa shape index (κ1) is 24.5. The lowest BCUT2D eigenvalue weighted by molar-refractivity contribution is 0.233. The number of hydrogen-bond acceptors (Lipinski definition) is 4. The molecule has 32 heavy (non-hydrogen) atoms. The molecule has 3 rings (SSSR count). The van der Waals surface area contributed by atoms with Crippen LogP contribution < -0.4 is 15.6 Å². The van der Waals surface area contributed by atoms with Gasteiger partial charge in [0.25, 0.3) is 5.56 Å². The van der Waals surface area contributed by atoms with E-state index in [1.54, 1.807) is 7.11 Å². The predicted molar refractivity (Wildman–Crippen MR) is 137 cm³/mol. The standard InChI is InChI=1S/C25H38N4O2S/c1-4-28(5-2)15-9-14-26-25(32)29(21-10-7-6-8-11-21)18-20-16-19-17-22(31-3)12-13-23(19)27-24(20)30/h12-13,16-17,21H,4-11,14-15,18H2,1-3H3,(H,26,32)(H,27,30). The molecule has 0 spiro atoms. The van der Waals surface area contributed by atoms with Gasteiger partial charge in [-0.1, -0.05) is 33.1 Å². The van der Waals surface area contributed by atoms with E-state index in [9.17, 15) is 4.79 Å². The van der Waals surface area contributed by atoms with Gasteiger partial charge in [0.1, 0.15) is 5.75 Å². The second-order valence-electron chi connectivity index (χ2n) is 8.61. The van der Waals surface area contributed by atoms with Crippen molar-refractivity contribution in [1.29, 1.82) is 0 Å². The Morgan fingerprint density at radius 3 is 2.62 bits per heavy atom. The molecule has 1 aliphatic rings. The van der Waals surface area contributed by atoms with Crippen LogP contribution in [0.15, 0.2) is 29.1 Å². The Morgan fingerprint density at radius 1 is 1.19 bits per heavy atom. The van der Waals surface area contributed by atoms with E-state index >= 15 is 0 Å². The van der Waals surface area contributed by atoms with Crippen molar-refractivity contribution >= 4 is 28.2 Å². The van der Waals surface area contributed by atoms with Crippen LogP contribution in [0.3, 0.4) is 0 Å². The summed E-state index contributed by atoms with van der Waals surface area (Å²) in [5.41, 5.74) is 1.51. The van der Waals surface area contributed by atoms with Crippen molar-refractivity contribution in [3.05, 3.63) is 40.2 Å². The maximum atomic E-state index is 12.8. The smallest absolute Gasteiger partial charge is 0.253 e. The third kappa shape index (κ3) is 6.45. The molecular weight excluding hydrogens is 420 g/mol. The number of aromatic amines is 1. The summed E-state index contributed by atoms with van der Waals surface area (Å²) in [5.74, 6) is 0.782. The zero-order chi connectivity index (χ0) is 22.9. The first-order valence-corrected chi connectivity index (χ1v) is 12.4. The van der Waals surface area contributed by atoms with Gasteiger partial charge < -0.3 is 24.8 Å². The van der Waals surface area contributed by atoms with E-state index in [0.29, 0.717) is 12.6 Å². The molecule has 1 aliphatic carbocycles. The average Bonchev–Trinajstić information content (AvgIpc) is 2.83. The molecule has 1 fully saturated rings. The fourth-order valence-electron chi connectivity index (χ4n) is 4.56. The molecule has 0 aliphatic heterocycles. The summed E-state index contributed by atoms with van der Waals surface area (Å²) in [5, 5.41) is 5.22. The molecule has 0 unspecified atom stereocenters. The van der Waals surface area contributed by atoms with Gasteiger partial charge in [0.05, 0.1) is 13.7 Å². The Hall–Kier alpha value is -2.12. The van der Waals surface area contributed by atoms with Gasteiger partial charge in [0.15, 0.2) is 5.11 Å². The Morgan fingerprint density at radius 2 is 1.94 bits per heavy atom. The molecule has 2 aromatic rings. The van der Waals surface area contributed by atoms with E-state index in [1.807, 2.05) is 24.3 Å². The van der Waals surface area contributed by atoms with E-state index in [2.05, 4.69) is 33.9 Å². The fraction of sp³-hybridized carbons (Fsp3) is 0.600. The van der Waals surface area contributed by atoms with Crippen LogP contribution in [0.4, 0.5) is 0 Å². The van der Waals surface area contributed by atoms with Crippen LogP contribution in [-0.2, 0) is 6.54 Å². The molecule has 0 amide bonds. The van der Waals surface area contributed by atoms with Gasteiger partial charge in [-0.15, -0.1) is 0 Å². The lowest BCUT2D eigenvalue weighted by Gasteiger charge is -2.36. The van der Waals surface area contributed by atoms with Crippen molar-refractivity contribution in [3.63, 3.8) is 0 Å². The van der Waals surface area contributed by atoms with Gasteiger partial charge >= 0.3 is 0 Å². The zero-order valence-electron chi connectivity index (χ0n) is 19.8. The molecule has 0 bridgehead atoms. The topological polar surface area (TPSA) is 60.6 Å². The van der Waals surface area contributed by atoms with E-state index in [1.165, 1.54) is 19.3 Å². The summed E-state index contributed by atoms with van der Waals surface area (Å²) in [6.45, 7) is 8.98. The van der Waals surface area contributed by atoms with Gasteiger partial charge in [-0.3, -0.25) is 4.79 Å². The summed E-state index contributed by atoms with van der Waals surface area (Å²) in [6, 6.07) is 8.08. The molecule has 0 atom stereocenters. The minimum Gasteiger partial charge on any atom is -0.497 e. The van der Waals surface area contributed by atoms with Gasteiger partial charge in [0.2, 0.25) is 0 Å². The van der Waals surface area contributed by atoms with Crippen LogP contribution in [0.2, 0.25) is 0 Å². The predicted octanol–water partition coefficient (Wildman–Crippen LogP) is 4.28. The molecule has 2 N–H and O–H groups in total. The lowest BCUT2D eigenvalue weighted by Crippen LogP contribution is -2.47. The highest BCUT2D eigenvalue weighted by molar-refractivity contribution is 7.80. The number of rotatable bonds is 10. The number of H-pyrrole nitrogens is 1. The van der Waals surface area contributed by atoms with Crippen LogP contribution in [-0.4, -0.2) is 59.2 Å². The molecule has 6 nitrogen and oxygen atoms in total. The SMILES string of the molecule is CCN(CC)CCCNC(=S)N(Cc1cc2cc(OC)ccc2[nH]c1=O)C1CCCCC1. The molecule has 0 saturated heterocycles. The molecule has 1 aromatic carbocycles. The van der Waals surface area contributed by atoms with Crippen molar-refractivity contribution in [2.24, 2.45) is 0 Å². The molecule has 0 radical (unpaired) electrons. The highest BCUT2D eigenvalue weighted by Crippen LogP contribution is 2.25. The second kappa shape index (κ2) is 12.2. The minimum absolute atomic E-state index is 0.0483. The van der Waals surface area contributed by atoms with Crippen LogP contribution in [0.25, 0.3) is 10.9 Å². The highest BCUT2D eigenvalue weighted by atomic mass is 32.1. The van der Waals surface area contributed by atoms with Crippen LogP contribution in [0, 0.1) is 0 Å². The Kier molecular flexibility index (Phi) is 9.36. The molecule has 1 saturated carbocycles. The lowest BCUT2D eigenvalue weighted by atomic mass is 9.94. The van der Waals surface area contributed by atoms with E-state index in [4.69, 9.17) is 17.0 Å². The van der Waals surface area contributed by atoms with Gasteiger partial charge in [-0.2, -0.15) is 0 Å². The molecular formula is C25H38N4O2S. The monoisotopic (exact) mass is 458 g/mol. The number of thiocarbonyl (C=S) groups is 1. The number of nitrogens with zero attached hydrogens (tertiary/aromatic N) is 2. The van der Waals surface area contributed by atoms with E-state index < -0.39 is 0 Å². The Labute approximate surface area is 197 Å². The second-order valence-corrected chi connectivity index (χ2v) is 9.00. The normalized spacial score (nSPS) is 14.6. The van der Waals surface area contributed by atoms with Gasteiger partial charge in [-0.25, -0.2) is 0 Å². The van der Waals surface area contributed by atoms with Crippen molar-refractivity contribution in [2.75, 3.05) is 33.3 Å². The number of fused-ring (bicyclic) bond motifs is 1. The minimum atomic E-state index is -0.0483. The summed E-state index contributed by atoms with van der Waals surface area (Å²) in [7, 11) is 1.66. The maximum Gasteiger partial charge on any atom is 0.253 e. The number of ether oxygens (including phenoxy) is 1. The summed E-state index contributed by atoms with van der Waals surface area (Å²) in [6.07, 6.45) is 7.02. The number of nitrogens with one attached hydrogen (secondary N) is 2. The van der Waals surface area contributed by atoms with Crippen LogP contribution in [0.1, 0.15) is 57.9 Å². The van der Waals surface area contributed by atoms with Crippen molar-refractivity contribution in [3.8, 4) is 5.75 Å². The van der Waals surface area contributed by atoms with Crippen LogP contribution >= 0.6 is 12.2 Å². The largest absolute Gasteiger partial charge is 0.497 e. The average molecular weight is 459 g/mol. The Balaban J connectivity index is 1.74. The summed E-state index contributed by atoms with van der Waals surface area (Å²) in [4.78, 5) is 20.6. The summed E-state index contributed by atoms with van der Waals surface area (Å²) >= 11 is 5.84. The quantitative estimate of drug-likeness (QED) is 0.409. The van der Waals surface area contributed by atoms with Gasteiger partial charge in [0, 0.05) is 29.1 Å². The number of benzene rings is 1. The molecule has 1 heterocycles. The van der Waals surface area contributed by atoms with Crippen molar-refractivity contribution in [1.82, 2.24) is 20.1 Å². The fourth-order valence-corrected chi connectivity index (χ4v) is 4.87. The molecule has 7 heteroatoms. The number of methoxy groups -OCH3 is 1. The summed E-state index contributed by atoms with van der Waals surface area (Å²) < 4.78 is 5.36. The van der Waals surface area contributed by atoms with Crippen molar-refractivity contribution < 1.29 is 4.74 Å². The maximum absolute atomic E-state index is 12.8. The first-order chi connectivity index (χ1) is 15.5. The van der Waals surface area contributed by atoms with E-state index in [0.717, 1.165) is 72.8 Å². The van der Waals surface area contributed by atoms with Crippen molar-refractivity contribution in [2.45, 2.75) is 65.0 Å².